The lowest BCUT2D eigenvalue weighted by atomic mass is 10.2. The lowest BCUT2D eigenvalue weighted by Crippen LogP contribution is -2.30. The molecule has 0 radical (unpaired) electrons. The molecule has 1 aromatic rings. The number of rotatable bonds is 8. The fourth-order valence-electron chi connectivity index (χ4n) is 1.75. The molecule has 0 aliphatic heterocycles. The summed E-state index contributed by atoms with van der Waals surface area (Å²) >= 11 is 1.72. The van der Waals surface area contributed by atoms with Crippen molar-refractivity contribution in [3.8, 4) is 0 Å². The molecule has 0 N–H and O–H groups in total. The van der Waals surface area contributed by atoms with Crippen molar-refractivity contribution in [2.24, 2.45) is 0 Å². The monoisotopic (exact) mass is 279 g/mol. The Morgan fingerprint density at radius 1 is 1.42 bits per heavy atom. The van der Waals surface area contributed by atoms with Gasteiger partial charge in [-0.3, -0.25) is 9.69 Å². The second kappa shape index (κ2) is 8.77. The predicted molar refractivity (Wildman–Crippen MR) is 80.3 cm³/mol. The average molecular weight is 279 g/mol. The number of hydrogen-bond acceptors (Lipinski definition) is 4. The highest BCUT2D eigenvalue weighted by atomic mass is 32.2. The maximum atomic E-state index is 11.5. The van der Waals surface area contributed by atoms with Gasteiger partial charge in [0.1, 0.15) is 0 Å². The molecule has 1 rings (SSSR count). The lowest BCUT2D eigenvalue weighted by Gasteiger charge is -2.19. The fourth-order valence-corrected chi connectivity index (χ4v) is 2.15. The van der Waals surface area contributed by atoms with Crippen LogP contribution >= 0.6 is 11.8 Å². The molecular formula is C15H21NO2S. The van der Waals surface area contributed by atoms with Gasteiger partial charge in [0.15, 0.2) is 0 Å². The third-order valence-electron chi connectivity index (χ3n) is 2.61. The van der Waals surface area contributed by atoms with E-state index in [0.717, 1.165) is 6.54 Å². The molecule has 0 saturated heterocycles. The molecule has 0 saturated carbocycles. The first-order valence-corrected chi connectivity index (χ1v) is 7.53. The van der Waals surface area contributed by atoms with E-state index in [-0.39, 0.29) is 5.97 Å². The summed E-state index contributed by atoms with van der Waals surface area (Å²) in [6.07, 6.45) is 3.86. The minimum Gasteiger partial charge on any atom is -0.465 e. The van der Waals surface area contributed by atoms with Crippen molar-refractivity contribution >= 4 is 17.7 Å². The topological polar surface area (TPSA) is 29.5 Å². The number of nitrogens with zero attached hydrogens (tertiary/aromatic N) is 1. The minimum atomic E-state index is -0.190. The van der Waals surface area contributed by atoms with Crippen LogP contribution in [0, 0.1) is 0 Å². The number of thioether (sulfide) groups is 1. The van der Waals surface area contributed by atoms with E-state index in [9.17, 15) is 4.79 Å². The van der Waals surface area contributed by atoms with Gasteiger partial charge in [-0.1, -0.05) is 18.2 Å². The summed E-state index contributed by atoms with van der Waals surface area (Å²) in [6.45, 7) is 7.65. The Hall–Kier alpha value is -1.26. The van der Waals surface area contributed by atoms with Crippen molar-refractivity contribution in [1.82, 2.24) is 4.90 Å². The van der Waals surface area contributed by atoms with Gasteiger partial charge in [0.2, 0.25) is 0 Å². The first-order chi connectivity index (χ1) is 9.19. The van der Waals surface area contributed by atoms with Gasteiger partial charge < -0.3 is 4.74 Å². The molecule has 3 nitrogen and oxygen atoms in total. The zero-order chi connectivity index (χ0) is 14.1. The van der Waals surface area contributed by atoms with Crippen LogP contribution in [0.3, 0.4) is 0 Å². The molecular weight excluding hydrogens is 258 g/mol. The van der Waals surface area contributed by atoms with Crippen LogP contribution in [0.2, 0.25) is 0 Å². The Kier molecular flexibility index (Phi) is 7.30. The summed E-state index contributed by atoms with van der Waals surface area (Å²) < 4.78 is 4.97. The molecule has 0 aromatic heterocycles. The summed E-state index contributed by atoms with van der Waals surface area (Å²) in [6, 6.07) is 8.37. The minimum absolute atomic E-state index is 0.190. The first kappa shape index (κ1) is 15.8. The number of carbonyl (C=O) groups is 1. The smallest absolute Gasteiger partial charge is 0.320 e. The van der Waals surface area contributed by atoms with E-state index in [4.69, 9.17) is 4.74 Å². The summed E-state index contributed by atoms with van der Waals surface area (Å²) in [5.41, 5.74) is 1.18. The van der Waals surface area contributed by atoms with Crippen molar-refractivity contribution in [2.45, 2.75) is 18.4 Å². The molecule has 0 fully saturated rings. The summed E-state index contributed by atoms with van der Waals surface area (Å²) in [5.74, 6) is -0.190. The molecule has 0 spiro atoms. The molecule has 0 bridgehead atoms. The van der Waals surface area contributed by atoms with Crippen LogP contribution in [0.25, 0.3) is 0 Å². The molecule has 0 aliphatic rings. The molecule has 1 aromatic carbocycles. The number of ether oxygens (including phenoxy) is 1. The van der Waals surface area contributed by atoms with Crippen LogP contribution in [0.1, 0.15) is 12.5 Å². The number of esters is 1. The fraction of sp³-hybridized carbons (Fsp3) is 0.400. The molecule has 0 aliphatic carbocycles. The zero-order valence-electron chi connectivity index (χ0n) is 11.6. The number of benzene rings is 1. The second-order valence-corrected chi connectivity index (χ2v) is 4.99. The Morgan fingerprint density at radius 3 is 2.63 bits per heavy atom. The predicted octanol–water partition coefficient (Wildman–Crippen LogP) is 2.96. The van der Waals surface area contributed by atoms with Gasteiger partial charge in [0, 0.05) is 18.0 Å². The molecule has 19 heavy (non-hydrogen) atoms. The van der Waals surface area contributed by atoms with Gasteiger partial charge >= 0.3 is 5.97 Å². The van der Waals surface area contributed by atoms with E-state index < -0.39 is 0 Å². The average Bonchev–Trinajstić information content (AvgIpc) is 2.40. The Labute approximate surface area is 119 Å². The van der Waals surface area contributed by atoms with E-state index in [0.29, 0.717) is 19.7 Å². The van der Waals surface area contributed by atoms with Crippen molar-refractivity contribution < 1.29 is 9.53 Å². The molecule has 4 heteroatoms. The SMILES string of the molecule is C=CCN(CC(=O)OCC)Cc1ccc(SC)cc1. The summed E-state index contributed by atoms with van der Waals surface area (Å²) in [5, 5.41) is 0. The third kappa shape index (κ3) is 5.94. The van der Waals surface area contributed by atoms with E-state index in [1.807, 2.05) is 11.8 Å². The molecule has 0 heterocycles. The maximum absolute atomic E-state index is 11.5. The van der Waals surface area contributed by atoms with Gasteiger partial charge in [-0.15, -0.1) is 18.3 Å². The van der Waals surface area contributed by atoms with Crippen molar-refractivity contribution in [1.29, 1.82) is 0 Å². The highest BCUT2D eigenvalue weighted by Crippen LogP contribution is 2.15. The summed E-state index contributed by atoms with van der Waals surface area (Å²) in [7, 11) is 0. The Balaban J connectivity index is 2.60. The number of hydrogen-bond donors (Lipinski definition) is 0. The van der Waals surface area contributed by atoms with Crippen molar-refractivity contribution in [3.05, 3.63) is 42.5 Å². The van der Waals surface area contributed by atoms with Gasteiger partial charge in [-0.05, 0) is 30.9 Å². The number of carbonyl (C=O) groups excluding carboxylic acids is 1. The van der Waals surface area contributed by atoms with Crippen LogP contribution in [-0.4, -0.2) is 36.8 Å². The normalized spacial score (nSPS) is 10.5. The lowest BCUT2D eigenvalue weighted by molar-refractivity contribution is -0.144. The first-order valence-electron chi connectivity index (χ1n) is 6.31. The highest BCUT2D eigenvalue weighted by molar-refractivity contribution is 7.98. The molecule has 0 amide bonds. The molecule has 0 atom stereocenters. The van der Waals surface area contributed by atoms with Crippen LogP contribution in [0.5, 0.6) is 0 Å². The molecule has 0 unspecified atom stereocenters. The Morgan fingerprint density at radius 2 is 2.11 bits per heavy atom. The molecule has 104 valence electrons. The summed E-state index contributed by atoms with van der Waals surface area (Å²) in [4.78, 5) is 14.8. The van der Waals surface area contributed by atoms with Crippen LogP contribution < -0.4 is 0 Å². The van der Waals surface area contributed by atoms with Crippen LogP contribution in [0.4, 0.5) is 0 Å². The van der Waals surface area contributed by atoms with Gasteiger partial charge in [-0.2, -0.15) is 0 Å². The van der Waals surface area contributed by atoms with Gasteiger partial charge in [0.05, 0.1) is 13.2 Å². The quantitative estimate of drug-likeness (QED) is 0.416. The Bertz CT molecular complexity index is 403. The van der Waals surface area contributed by atoms with Gasteiger partial charge in [0.25, 0.3) is 0 Å². The van der Waals surface area contributed by atoms with E-state index in [1.165, 1.54) is 10.5 Å². The van der Waals surface area contributed by atoms with Gasteiger partial charge in [-0.25, -0.2) is 0 Å². The van der Waals surface area contributed by atoms with E-state index in [2.05, 4.69) is 37.1 Å². The second-order valence-electron chi connectivity index (χ2n) is 4.11. The largest absolute Gasteiger partial charge is 0.465 e. The van der Waals surface area contributed by atoms with Crippen LogP contribution in [0.15, 0.2) is 41.8 Å². The zero-order valence-corrected chi connectivity index (χ0v) is 12.4. The van der Waals surface area contributed by atoms with Crippen LogP contribution in [-0.2, 0) is 16.1 Å². The van der Waals surface area contributed by atoms with Crippen molar-refractivity contribution in [3.63, 3.8) is 0 Å². The van der Waals surface area contributed by atoms with E-state index in [1.54, 1.807) is 17.8 Å². The maximum Gasteiger partial charge on any atom is 0.320 e. The standard InChI is InChI=1S/C15H21NO2S/c1-4-10-16(12-15(17)18-5-2)11-13-6-8-14(19-3)9-7-13/h4,6-9H,1,5,10-12H2,2-3H3. The highest BCUT2D eigenvalue weighted by Gasteiger charge is 2.10. The van der Waals surface area contributed by atoms with E-state index >= 15 is 0 Å². The third-order valence-corrected chi connectivity index (χ3v) is 3.35. The van der Waals surface area contributed by atoms with Crippen molar-refractivity contribution in [2.75, 3.05) is 26.0 Å².